The summed E-state index contributed by atoms with van der Waals surface area (Å²) in [5.41, 5.74) is 0.628. The number of halogens is 1. The summed E-state index contributed by atoms with van der Waals surface area (Å²) in [5, 5.41) is 3.38. The van der Waals surface area contributed by atoms with E-state index >= 15 is 0 Å². The van der Waals surface area contributed by atoms with Crippen LogP contribution in [0.15, 0.2) is 24.3 Å². The Bertz CT molecular complexity index is 487. The quantitative estimate of drug-likeness (QED) is 0.904. The van der Waals surface area contributed by atoms with Crippen LogP contribution in [0.25, 0.3) is 0 Å². The van der Waals surface area contributed by atoms with E-state index in [9.17, 15) is 4.79 Å². The molecule has 1 atom stereocenters. The van der Waals surface area contributed by atoms with Crippen molar-refractivity contribution in [1.29, 1.82) is 0 Å². The van der Waals surface area contributed by atoms with Gasteiger partial charge in [-0.25, -0.2) is 0 Å². The third-order valence-electron chi connectivity index (χ3n) is 4.12. The molecule has 1 aliphatic heterocycles. The topological polar surface area (TPSA) is 41.6 Å². The van der Waals surface area contributed by atoms with Crippen LogP contribution in [-0.2, 0) is 11.3 Å². The van der Waals surface area contributed by atoms with Crippen LogP contribution in [0.2, 0.25) is 0 Å². The van der Waals surface area contributed by atoms with Gasteiger partial charge in [0.2, 0.25) is 5.91 Å². The second-order valence-corrected chi connectivity index (χ2v) is 5.92. The summed E-state index contributed by atoms with van der Waals surface area (Å²) in [6.07, 6.45) is 3.17. The molecule has 124 valence electrons. The number of hydrogen-bond acceptors (Lipinski definition) is 3. The van der Waals surface area contributed by atoms with E-state index in [2.05, 4.69) is 5.32 Å². The third kappa shape index (κ3) is 4.37. The van der Waals surface area contributed by atoms with Crippen LogP contribution >= 0.6 is 12.4 Å². The minimum Gasteiger partial charge on any atom is -0.494 e. The lowest BCUT2D eigenvalue weighted by molar-refractivity contribution is -0.137. The summed E-state index contributed by atoms with van der Waals surface area (Å²) >= 11 is 0. The summed E-state index contributed by atoms with van der Waals surface area (Å²) in [7, 11) is 1.87. The van der Waals surface area contributed by atoms with Gasteiger partial charge in [-0.05, 0) is 45.7 Å². The minimum atomic E-state index is -0.423. The zero-order valence-corrected chi connectivity index (χ0v) is 14.5. The number of likely N-dealkylation sites (N-methyl/N-ethyl adjacent to an activating group) is 1. The highest BCUT2D eigenvalue weighted by atomic mass is 35.5. The van der Waals surface area contributed by atoms with Crippen molar-refractivity contribution in [1.82, 2.24) is 10.2 Å². The molecule has 0 spiro atoms. The number of carbonyl (C=O) groups excluding carboxylic acids is 1. The van der Waals surface area contributed by atoms with E-state index in [4.69, 9.17) is 4.74 Å². The highest BCUT2D eigenvalue weighted by molar-refractivity contribution is 5.86. The minimum absolute atomic E-state index is 0. The van der Waals surface area contributed by atoms with Crippen LogP contribution in [0.1, 0.15) is 38.7 Å². The first kappa shape index (κ1) is 18.8. The molecule has 22 heavy (non-hydrogen) atoms. The molecule has 1 aromatic carbocycles. The highest BCUT2D eigenvalue weighted by Gasteiger charge is 2.36. The van der Waals surface area contributed by atoms with E-state index in [1.807, 2.05) is 45.2 Å². The number of ether oxygens (including phenoxy) is 1. The third-order valence-corrected chi connectivity index (χ3v) is 4.12. The molecular formula is C17H27ClN2O2. The van der Waals surface area contributed by atoms with Crippen LogP contribution in [-0.4, -0.2) is 36.5 Å². The van der Waals surface area contributed by atoms with Crippen LogP contribution < -0.4 is 10.1 Å². The molecule has 4 nitrogen and oxygen atoms in total. The molecule has 1 aliphatic rings. The molecule has 1 aromatic rings. The predicted octanol–water partition coefficient (Wildman–Crippen LogP) is 3.00. The molecule has 5 heteroatoms. The van der Waals surface area contributed by atoms with Crippen LogP contribution in [0.4, 0.5) is 0 Å². The highest BCUT2D eigenvalue weighted by Crippen LogP contribution is 2.24. The number of piperidine rings is 1. The summed E-state index contributed by atoms with van der Waals surface area (Å²) in [6, 6.07) is 7.92. The molecule has 1 N–H and O–H groups in total. The van der Waals surface area contributed by atoms with E-state index in [-0.39, 0.29) is 18.3 Å². The molecule has 1 heterocycles. The number of hydrogen-bond donors (Lipinski definition) is 1. The molecule has 2 rings (SSSR count). The normalized spacial score (nSPS) is 20.9. The summed E-state index contributed by atoms with van der Waals surface area (Å²) in [6.45, 7) is 6.11. The van der Waals surface area contributed by atoms with E-state index in [1.165, 1.54) is 0 Å². The van der Waals surface area contributed by atoms with Gasteiger partial charge in [-0.15, -0.1) is 12.4 Å². The Labute approximate surface area is 139 Å². The Morgan fingerprint density at radius 1 is 1.36 bits per heavy atom. The van der Waals surface area contributed by atoms with Gasteiger partial charge in [0, 0.05) is 19.2 Å². The van der Waals surface area contributed by atoms with Gasteiger partial charge in [-0.1, -0.05) is 18.2 Å². The Kier molecular flexibility index (Phi) is 7.17. The van der Waals surface area contributed by atoms with Crippen molar-refractivity contribution >= 4 is 18.3 Å². The zero-order valence-electron chi connectivity index (χ0n) is 13.7. The number of para-hydroxylation sites is 1. The SMILES string of the molecule is CCOc1ccccc1CN(C)C(=O)C1(C)CCCCN1.Cl. The van der Waals surface area contributed by atoms with Crippen LogP contribution in [0.5, 0.6) is 5.75 Å². The second kappa shape index (κ2) is 8.39. The standard InChI is InChI=1S/C17H26N2O2.ClH/c1-4-21-15-10-6-5-9-14(15)13-19(3)16(20)17(2)11-7-8-12-18-17;/h5-6,9-10,18H,4,7-8,11-13H2,1-3H3;1H. The fourth-order valence-corrected chi connectivity index (χ4v) is 2.92. The molecule has 1 amide bonds. The number of amides is 1. The van der Waals surface area contributed by atoms with Crippen molar-refractivity contribution in [2.45, 2.75) is 45.2 Å². The molecule has 0 aliphatic carbocycles. The number of rotatable bonds is 5. The van der Waals surface area contributed by atoms with Crippen molar-refractivity contribution in [3.05, 3.63) is 29.8 Å². The van der Waals surface area contributed by atoms with Crippen molar-refractivity contribution in [2.75, 3.05) is 20.2 Å². The predicted molar refractivity (Wildman–Crippen MR) is 91.6 cm³/mol. The van der Waals surface area contributed by atoms with Gasteiger partial charge in [0.1, 0.15) is 5.75 Å². The lowest BCUT2D eigenvalue weighted by Crippen LogP contribution is -2.57. The zero-order chi connectivity index (χ0) is 15.3. The largest absolute Gasteiger partial charge is 0.494 e. The molecule has 1 unspecified atom stereocenters. The first-order valence-corrected chi connectivity index (χ1v) is 7.78. The van der Waals surface area contributed by atoms with Crippen molar-refractivity contribution in [2.24, 2.45) is 0 Å². The van der Waals surface area contributed by atoms with Gasteiger partial charge >= 0.3 is 0 Å². The maximum atomic E-state index is 12.7. The van der Waals surface area contributed by atoms with E-state index < -0.39 is 5.54 Å². The molecule has 1 saturated heterocycles. The Morgan fingerprint density at radius 3 is 2.73 bits per heavy atom. The summed E-state index contributed by atoms with van der Waals surface area (Å²) < 4.78 is 5.63. The average molecular weight is 327 g/mol. The number of nitrogens with one attached hydrogen (secondary N) is 1. The molecule has 0 bridgehead atoms. The maximum absolute atomic E-state index is 12.7. The van der Waals surface area contributed by atoms with Crippen LogP contribution in [0, 0.1) is 0 Å². The Hall–Kier alpha value is -1.26. The number of carbonyl (C=O) groups is 1. The van der Waals surface area contributed by atoms with Gasteiger partial charge < -0.3 is 15.0 Å². The Balaban J connectivity index is 0.00000242. The molecule has 0 radical (unpaired) electrons. The van der Waals surface area contributed by atoms with Gasteiger partial charge in [-0.2, -0.15) is 0 Å². The van der Waals surface area contributed by atoms with Gasteiger partial charge in [0.15, 0.2) is 0 Å². The van der Waals surface area contributed by atoms with Gasteiger partial charge in [-0.3, -0.25) is 4.79 Å². The second-order valence-electron chi connectivity index (χ2n) is 5.92. The smallest absolute Gasteiger partial charge is 0.242 e. The van der Waals surface area contributed by atoms with Crippen molar-refractivity contribution in [3.8, 4) is 5.75 Å². The number of benzene rings is 1. The van der Waals surface area contributed by atoms with Gasteiger partial charge in [0.25, 0.3) is 0 Å². The van der Waals surface area contributed by atoms with E-state index in [1.54, 1.807) is 4.90 Å². The first-order chi connectivity index (χ1) is 10.1. The average Bonchev–Trinajstić information content (AvgIpc) is 2.49. The lowest BCUT2D eigenvalue weighted by Gasteiger charge is -2.36. The van der Waals surface area contributed by atoms with E-state index in [0.717, 1.165) is 37.1 Å². The maximum Gasteiger partial charge on any atom is 0.242 e. The van der Waals surface area contributed by atoms with Crippen LogP contribution in [0.3, 0.4) is 0 Å². The van der Waals surface area contributed by atoms with Crippen molar-refractivity contribution in [3.63, 3.8) is 0 Å². The van der Waals surface area contributed by atoms with Gasteiger partial charge in [0.05, 0.1) is 12.1 Å². The summed E-state index contributed by atoms with van der Waals surface area (Å²) in [5.74, 6) is 1.02. The lowest BCUT2D eigenvalue weighted by atomic mass is 9.89. The molecular weight excluding hydrogens is 300 g/mol. The fraction of sp³-hybridized carbons (Fsp3) is 0.588. The molecule has 0 saturated carbocycles. The molecule has 0 aromatic heterocycles. The Morgan fingerprint density at radius 2 is 2.09 bits per heavy atom. The van der Waals surface area contributed by atoms with E-state index in [0.29, 0.717) is 13.2 Å². The summed E-state index contributed by atoms with van der Waals surface area (Å²) in [4.78, 5) is 14.5. The first-order valence-electron chi connectivity index (χ1n) is 7.78. The monoisotopic (exact) mass is 326 g/mol. The molecule has 1 fully saturated rings. The fourth-order valence-electron chi connectivity index (χ4n) is 2.92. The number of nitrogens with zero attached hydrogens (tertiary/aromatic N) is 1. The van der Waals surface area contributed by atoms with Crippen molar-refractivity contribution < 1.29 is 9.53 Å².